The van der Waals surface area contributed by atoms with E-state index in [2.05, 4.69) is 15.0 Å². The van der Waals surface area contributed by atoms with E-state index in [1.165, 1.54) is 11.3 Å². The molecule has 0 saturated heterocycles. The highest BCUT2D eigenvalue weighted by atomic mass is 32.1. The van der Waals surface area contributed by atoms with Crippen molar-refractivity contribution >= 4 is 33.5 Å². The summed E-state index contributed by atoms with van der Waals surface area (Å²) in [6, 6.07) is 5.44. The van der Waals surface area contributed by atoms with Gasteiger partial charge in [-0.15, -0.1) is 11.3 Å². The molecule has 106 valence electrons. The van der Waals surface area contributed by atoms with Crippen molar-refractivity contribution < 1.29 is 9.53 Å². The fourth-order valence-electron chi connectivity index (χ4n) is 1.96. The molecule has 3 heterocycles. The number of nitrogens with two attached hydrogens (primary N) is 1. The normalized spacial score (nSPS) is 10.7. The van der Waals surface area contributed by atoms with Crippen LogP contribution in [0.3, 0.4) is 0 Å². The van der Waals surface area contributed by atoms with E-state index in [9.17, 15) is 4.79 Å². The zero-order valence-electron chi connectivity index (χ0n) is 11.2. The number of esters is 1. The van der Waals surface area contributed by atoms with Gasteiger partial charge in [0.15, 0.2) is 0 Å². The monoisotopic (exact) mass is 300 g/mol. The number of ether oxygens (including phenoxy) is 1. The molecule has 7 heteroatoms. The van der Waals surface area contributed by atoms with Gasteiger partial charge >= 0.3 is 5.97 Å². The first kappa shape index (κ1) is 13.4. The maximum atomic E-state index is 11.8. The number of fused-ring (bicyclic) bond motifs is 1. The Hall–Kier alpha value is -2.54. The fraction of sp³-hybridized carbons (Fsp3) is 0.143. The van der Waals surface area contributed by atoms with Crippen molar-refractivity contribution in [2.75, 3.05) is 12.3 Å². The number of carbonyl (C=O) groups is 1. The van der Waals surface area contributed by atoms with Gasteiger partial charge in [0.2, 0.25) is 5.95 Å². The largest absolute Gasteiger partial charge is 0.462 e. The van der Waals surface area contributed by atoms with Gasteiger partial charge in [-0.05, 0) is 25.1 Å². The Morgan fingerprint density at radius 3 is 3.00 bits per heavy atom. The van der Waals surface area contributed by atoms with Crippen molar-refractivity contribution in [2.45, 2.75) is 6.92 Å². The molecular weight excluding hydrogens is 288 g/mol. The summed E-state index contributed by atoms with van der Waals surface area (Å²) in [7, 11) is 0. The molecule has 0 saturated carbocycles. The topological polar surface area (TPSA) is 91.0 Å². The third-order valence-corrected chi connectivity index (χ3v) is 3.83. The Bertz CT molecular complexity index is 801. The van der Waals surface area contributed by atoms with Crippen LogP contribution in [0, 0.1) is 0 Å². The van der Waals surface area contributed by atoms with Crippen LogP contribution in [0.1, 0.15) is 16.6 Å². The average Bonchev–Trinajstić information content (AvgIpc) is 2.91. The van der Waals surface area contributed by atoms with Crippen molar-refractivity contribution in [2.24, 2.45) is 0 Å². The van der Waals surface area contributed by atoms with E-state index in [0.29, 0.717) is 22.0 Å². The number of nitrogen functional groups attached to an aromatic ring is 1. The number of carbonyl (C=O) groups excluding carboxylic acids is 1. The van der Waals surface area contributed by atoms with E-state index in [0.717, 1.165) is 10.9 Å². The molecule has 0 unspecified atom stereocenters. The quantitative estimate of drug-likeness (QED) is 0.747. The van der Waals surface area contributed by atoms with Crippen LogP contribution < -0.4 is 5.73 Å². The second-order valence-electron chi connectivity index (χ2n) is 4.22. The summed E-state index contributed by atoms with van der Waals surface area (Å²) in [6.07, 6.45) is 3.38. The SMILES string of the molecule is CCOC(=O)c1cc2c(-c3cccnc3)nc(N)nc2s1. The predicted octanol–water partition coefficient (Wildman–Crippen LogP) is 2.51. The standard InChI is InChI=1S/C14H12N4O2S/c1-2-20-13(19)10-6-9-11(8-4-3-5-16-7-8)17-14(15)18-12(9)21-10/h3-7H,2H2,1H3,(H2,15,17,18). The summed E-state index contributed by atoms with van der Waals surface area (Å²) in [5.74, 6) is -0.199. The van der Waals surface area contributed by atoms with Crippen molar-refractivity contribution in [3.05, 3.63) is 35.5 Å². The van der Waals surface area contributed by atoms with Crippen LogP contribution in [0.25, 0.3) is 21.5 Å². The van der Waals surface area contributed by atoms with E-state index in [1.54, 1.807) is 25.4 Å². The van der Waals surface area contributed by atoms with Gasteiger partial charge in [-0.1, -0.05) is 0 Å². The minimum Gasteiger partial charge on any atom is -0.462 e. The third kappa shape index (κ3) is 2.55. The van der Waals surface area contributed by atoms with Crippen LogP contribution in [0.2, 0.25) is 0 Å². The number of thiophene rings is 1. The first-order chi connectivity index (χ1) is 10.2. The summed E-state index contributed by atoms with van der Waals surface area (Å²) in [6.45, 7) is 2.10. The second kappa shape index (κ2) is 5.45. The Kier molecular flexibility index (Phi) is 3.49. The number of anilines is 1. The molecule has 3 aromatic rings. The molecule has 0 bridgehead atoms. The van der Waals surface area contributed by atoms with Gasteiger partial charge in [-0.25, -0.2) is 14.8 Å². The molecule has 2 N–H and O–H groups in total. The number of rotatable bonds is 3. The molecule has 0 fully saturated rings. The zero-order valence-corrected chi connectivity index (χ0v) is 12.1. The molecule has 21 heavy (non-hydrogen) atoms. The van der Waals surface area contributed by atoms with Crippen LogP contribution in [0.4, 0.5) is 5.95 Å². The van der Waals surface area contributed by atoms with E-state index in [1.807, 2.05) is 12.1 Å². The molecule has 0 aliphatic heterocycles. The Morgan fingerprint density at radius 1 is 1.43 bits per heavy atom. The Balaban J connectivity index is 2.18. The van der Waals surface area contributed by atoms with E-state index in [4.69, 9.17) is 10.5 Å². The lowest BCUT2D eigenvalue weighted by atomic mass is 10.1. The molecule has 0 amide bonds. The van der Waals surface area contributed by atoms with Crippen LogP contribution in [-0.4, -0.2) is 27.5 Å². The number of hydrogen-bond donors (Lipinski definition) is 1. The number of nitrogens with zero attached hydrogens (tertiary/aromatic N) is 3. The van der Waals surface area contributed by atoms with Crippen LogP contribution >= 0.6 is 11.3 Å². The maximum absolute atomic E-state index is 11.8. The summed E-state index contributed by atoms with van der Waals surface area (Å²) in [5.41, 5.74) is 7.24. The number of pyridine rings is 1. The molecule has 0 aromatic carbocycles. The average molecular weight is 300 g/mol. The smallest absolute Gasteiger partial charge is 0.348 e. The highest BCUT2D eigenvalue weighted by molar-refractivity contribution is 7.20. The lowest BCUT2D eigenvalue weighted by molar-refractivity contribution is 0.0532. The van der Waals surface area contributed by atoms with E-state index < -0.39 is 0 Å². The van der Waals surface area contributed by atoms with Crippen molar-refractivity contribution in [1.29, 1.82) is 0 Å². The third-order valence-electron chi connectivity index (χ3n) is 2.82. The predicted molar refractivity (Wildman–Crippen MR) is 81.0 cm³/mol. The van der Waals surface area contributed by atoms with Crippen LogP contribution in [0.5, 0.6) is 0 Å². The summed E-state index contributed by atoms with van der Waals surface area (Å²) < 4.78 is 5.01. The highest BCUT2D eigenvalue weighted by Gasteiger charge is 2.16. The Labute approximate surface area is 124 Å². The molecule has 3 aromatic heterocycles. The molecule has 0 radical (unpaired) electrons. The number of aromatic nitrogens is 3. The van der Waals surface area contributed by atoms with Gasteiger partial charge in [0, 0.05) is 23.3 Å². The van der Waals surface area contributed by atoms with Gasteiger partial charge in [0.1, 0.15) is 9.71 Å². The van der Waals surface area contributed by atoms with Gasteiger partial charge in [0.05, 0.1) is 12.3 Å². The van der Waals surface area contributed by atoms with Crippen LogP contribution in [-0.2, 0) is 4.74 Å². The molecule has 0 aliphatic carbocycles. The van der Waals surface area contributed by atoms with Crippen molar-refractivity contribution in [1.82, 2.24) is 15.0 Å². The summed E-state index contributed by atoms with van der Waals surface area (Å²) >= 11 is 1.24. The molecule has 3 rings (SSSR count). The van der Waals surface area contributed by atoms with Gasteiger partial charge in [0.25, 0.3) is 0 Å². The molecule has 6 nitrogen and oxygen atoms in total. The Morgan fingerprint density at radius 2 is 2.29 bits per heavy atom. The zero-order chi connectivity index (χ0) is 14.8. The van der Waals surface area contributed by atoms with E-state index >= 15 is 0 Å². The fourth-order valence-corrected chi connectivity index (χ4v) is 2.90. The second-order valence-corrected chi connectivity index (χ2v) is 5.25. The highest BCUT2D eigenvalue weighted by Crippen LogP contribution is 2.32. The molecule has 0 aliphatic rings. The first-order valence-electron chi connectivity index (χ1n) is 6.33. The maximum Gasteiger partial charge on any atom is 0.348 e. The summed E-state index contributed by atoms with van der Waals surface area (Å²) in [4.78, 5) is 25.5. The minimum absolute atomic E-state index is 0.165. The van der Waals surface area contributed by atoms with E-state index in [-0.39, 0.29) is 11.9 Å². The van der Waals surface area contributed by atoms with Crippen molar-refractivity contribution in [3.8, 4) is 11.3 Å². The number of hydrogen-bond acceptors (Lipinski definition) is 7. The first-order valence-corrected chi connectivity index (χ1v) is 7.15. The summed E-state index contributed by atoms with van der Waals surface area (Å²) in [5, 5.41) is 0.769. The molecule has 0 atom stereocenters. The lowest BCUT2D eigenvalue weighted by Crippen LogP contribution is -2.01. The molecular formula is C14H12N4O2S. The van der Waals surface area contributed by atoms with Crippen molar-refractivity contribution in [3.63, 3.8) is 0 Å². The molecule has 0 spiro atoms. The van der Waals surface area contributed by atoms with Gasteiger partial charge in [-0.3, -0.25) is 4.98 Å². The van der Waals surface area contributed by atoms with Gasteiger partial charge < -0.3 is 10.5 Å². The van der Waals surface area contributed by atoms with Crippen LogP contribution in [0.15, 0.2) is 30.6 Å². The lowest BCUT2D eigenvalue weighted by Gasteiger charge is -2.02. The minimum atomic E-state index is -0.365. The van der Waals surface area contributed by atoms with Gasteiger partial charge in [-0.2, -0.15) is 0 Å².